The lowest BCUT2D eigenvalue weighted by Gasteiger charge is -2.28. The van der Waals surface area contributed by atoms with E-state index in [1.54, 1.807) is 6.92 Å². The van der Waals surface area contributed by atoms with Gasteiger partial charge in [0.2, 0.25) is 5.91 Å². The van der Waals surface area contributed by atoms with E-state index >= 15 is 0 Å². The molecule has 0 aliphatic rings. The minimum atomic E-state index is -1.10. The maximum Gasteiger partial charge on any atom is 0.304 e. The van der Waals surface area contributed by atoms with Crippen molar-refractivity contribution in [3.63, 3.8) is 0 Å². The lowest BCUT2D eigenvalue weighted by molar-refractivity contribution is -0.140. The van der Waals surface area contributed by atoms with E-state index in [1.807, 2.05) is 18.8 Å². The first-order valence-corrected chi connectivity index (χ1v) is 6.80. The van der Waals surface area contributed by atoms with Crippen molar-refractivity contribution in [1.82, 2.24) is 4.72 Å². The number of carbonyl (C=O) groups excluding carboxylic acids is 1. The normalized spacial score (nSPS) is 14.8. The van der Waals surface area contributed by atoms with Gasteiger partial charge in [-0.15, -0.1) is 0 Å². The molecule has 0 spiro atoms. The van der Waals surface area contributed by atoms with Gasteiger partial charge in [-0.1, -0.05) is 6.92 Å². The molecule has 0 aliphatic heterocycles. The number of hydrogen-bond donors (Lipinski definition) is 2. The Bertz CT molecular complexity index is 210. The summed E-state index contributed by atoms with van der Waals surface area (Å²) >= 11 is 0. The molecule has 0 aromatic heterocycles. The highest BCUT2D eigenvalue weighted by Crippen LogP contribution is 2.29. The fourth-order valence-corrected chi connectivity index (χ4v) is 1.56. The van der Waals surface area contributed by atoms with Crippen LogP contribution in [0.4, 0.5) is 0 Å². The molecule has 0 bridgehead atoms. The van der Waals surface area contributed by atoms with Crippen molar-refractivity contribution in [2.75, 3.05) is 18.8 Å². The largest absolute Gasteiger partial charge is 0.481 e. The summed E-state index contributed by atoms with van der Waals surface area (Å²) in [7, 11) is -1.10. The number of rotatable bonds is 4. The fourth-order valence-electron chi connectivity index (χ4n) is 0.757. The Morgan fingerprint density at radius 3 is 2.15 bits per heavy atom. The second-order valence-corrected chi connectivity index (χ2v) is 7.68. The van der Waals surface area contributed by atoms with Crippen LogP contribution in [0.25, 0.3) is 0 Å². The Labute approximate surface area is 80.2 Å². The molecule has 2 N–H and O–H groups in total. The quantitative estimate of drug-likeness (QED) is 0.717. The van der Waals surface area contributed by atoms with Gasteiger partial charge in [-0.3, -0.25) is 9.59 Å². The minimum Gasteiger partial charge on any atom is -0.481 e. The standard InChI is InChI=1S/C8H17NO3S/c1-6(5-7(10)11)8(12)9-13(2,3)4/h6H,5H2,1-4H3,(H,9,12)(H,10,11). The van der Waals surface area contributed by atoms with Crippen molar-refractivity contribution < 1.29 is 14.7 Å². The number of carboxylic acids is 1. The van der Waals surface area contributed by atoms with Gasteiger partial charge >= 0.3 is 5.97 Å². The van der Waals surface area contributed by atoms with E-state index in [1.165, 1.54) is 0 Å². The number of carbonyl (C=O) groups is 2. The van der Waals surface area contributed by atoms with Gasteiger partial charge in [0.15, 0.2) is 0 Å². The molecule has 0 aliphatic carbocycles. The van der Waals surface area contributed by atoms with Gasteiger partial charge < -0.3 is 9.83 Å². The molecule has 0 saturated heterocycles. The first kappa shape index (κ1) is 12.3. The molecule has 5 heteroatoms. The molecule has 0 heterocycles. The van der Waals surface area contributed by atoms with E-state index in [0.717, 1.165) is 0 Å². The Hall–Kier alpha value is -0.710. The van der Waals surface area contributed by atoms with Crippen molar-refractivity contribution in [1.29, 1.82) is 0 Å². The Morgan fingerprint density at radius 1 is 1.38 bits per heavy atom. The van der Waals surface area contributed by atoms with E-state index in [0.29, 0.717) is 0 Å². The third kappa shape index (κ3) is 6.45. The monoisotopic (exact) mass is 207 g/mol. The molecule has 0 saturated carbocycles. The summed E-state index contributed by atoms with van der Waals surface area (Å²) < 4.78 is 2.81. The summed E-state index contributed by atoms with van der Waals surface area (Å²) in [5, 5.41) is 8.46. The van der Waals surface area contributed by atoms with Gasteiger partial charge in [-0.2, -0.15) is 10.2 Å². The second-order valence-electron chi connectivity index (χ2n) is 3.80. The van der Waals surface area contributed by atoms with Crippen LogP contribution in [0.3, 0.4) is 0 Å². The minimum absolute atomic E-state index is 0.110. The lowest BCUT2D eigenvalue weighted by Crippen LogP contribution is -2.31. The number of nitrogens with one attached hydrogen (secondary N) is 1. The topological polar surface area (TPSA) is 66.4 Å². The molecule has 13 heavy (non-hydrogen) atoms. The summed E-state index contributed by atoms with van der Waals surface area (Å²) in [6.07, 6.45) is 5.72. The fraction of sp³-hybridized carbons (Fsp3) is 0.750. The van der Waals surface area contributed by atoms with Gasteiger partial charge in [0.1, 0.15) is 0 Å². The van der Waals surface area contributed by atoms with Gasteiger partial charge in [-0.25, -0.2) is 0 Å². The SMILES string of the molecule is CC(CC(=O)O)C(=O)NS(C)(C)C. The second kappa shape index (κ2) is 4.50. The van der Waals surface area contributed by atoms with Crippen LogP contribution in [0, 0.1) is 5.92 Å². The summed E-state index contributed by atoms with van der Waals surface area (Å²) in [6.45, 7) is 1.62. The van der Waals surface area contributed by atoms with Crippen molar-refractivity contribution >= 4 is 22.1 Å². The van der Waals surface area contributed by atoms with Crippen LogP contribution in [-0.2, 0) is 9.59 Å². The van der Waals surface area contributed by atoms with Crippen LogP contribution in [0.2, 0.25) is 0 Å². The molecule has 1 unspecified atom stereocenters. The molecule has 1 atom stereocenters. The predicted molar refractivity (Wildman–Crippen MR) is 54.9 cm³/mol. The molecule has 0 aromatic carbocycles. The zero-order valence-corrected chi connectivity index (χ0v) is 9.27. The van der Waals surface area contributed by atoms with Gasteiger partial charge in [0.25, 0.3) is 0 Å². The average molecular weight is 207 g/mol. The number of hydrogen-bond acceptors (Lipinski definition) is 2. The molecule has 0 fully saturated rings. The van der Waals surface area contributed by atoms with Crippen LogP contribution >= 0.6 is 10.2 Å². The molecule has 0 rings (SSSR count). The third-order valence-corrected chi connectivity index (χ3v) is 2.15. The molecule has 4 nitrogen and oxygen atoms in total. The van der Waals surface area contributed by atoms with E-state index in [4.69, 9.17) is 5.11 Å². The van der Waals surface area contributed by atoms with Crippen LogP contribution in [0.1, 0.15) is 13.3 Å². The van der Waals surface area contributed by atoms with E-state index in [-0.39, 0.29) is 12.3 Å². The number of carboxylic acid groups (broad SMARTS) is 1. The Morgan fingerprint density at radius 2 is 1.85 bits per heavy atom. The zero-order chi connectivity index (χ0) is 10.6. The Balaban J connectivity index is 4.05. The van der Waals surface area contributed by atoms with Gasteiger partial charge in [-0.05, 0) is 18.8 Å². The molecule has 78 valence electrons. The number of amides is 1. The maximum absolute atomic E-state index is 11.3. The molecular weight excluding hydrogens is 190 g/mol. The first-order chi connectivity index (χ1) is 5.72. The van der Waals surface area contributed by atoms with Crippen LogP contribution in [0.15, 0.2) is 0 Å². The van der Waals surface area contributed by atoms with Crippen molar-refractivity contribution in [2.45, 2.75) is 13.3 Å². The van der Waals surface area contributed by atoms with E-state index < -0.39 is 22.1 Å². The maximum atomic E-state index is 11.3. The highest BCUT2D eigenvalue weighted by Gasteiger charge is 2.18. The smallest absolute Gasteiger partial charge is 0.304 e. The van der Waals surface area contributed by atoms with Crippen LogP contribution < -0.4 is 4.72 Å². The molecular formula is C8H17NO3S. The van der Waals surface area contributed by atoms with Crippen LogP contribution in [-0.4, -0.2) is 35.8 Å². The van der Waals surface area contributed by atoms with Crippen molar-refractivity contribution in [2.24, 2.45) is 5.92 Å². The highest BCUT2D eigenvalue weighted by molar-refractivity contribution is 8.30. The zero-order valence-electron chi connectivity index (χ0n) is 8.46. The molecule has 1 amide bonds. The van der Waals surface area contributed by atoms with Gasteiger partial charge in [0, 0.05) is 5.92 Å². The highest BCUT2D eigenvalue weighted by atomic mass is 32.3. The average Bonchev–Trinajstić information content (AvgIpc) is 1.81. The Kier molecular flexibility index (Phi) is 4.26. The third-order valence-electron chi connectivity index (χ3n) is 1.34. The molecule has 0 aromatic rings. The van der Waals surface area contributed by atoms with E-state index in [9.17, 15) is 9.59 Å². The van der Waals surface area contributed by atoms with E-state index in [2.05, 4.69) is 4.72 Å². The summed E-state index contributed by atoms with van der Waals surface area (Å²) in [6, 6.07) is 0. The summed E-state index contributed by atoms with van der Waals surface area (Å²) in [5.74, 6) is -1.57. The summed E-state index contributed by atoms with van der Waals surface area (Å²) in [5.41, 5.74) is 0. The van der Waals surface area contributed by atoms with Crippen molar-refractivity contribution in [3.05, 3.63) is 0 Å². The number of aliphatic carboxylic acids is 1. The predicted octanol–water partition coefficient (Wildman–Crippen LogP) is 0.822. The van der Waals surface area contributed by atoms with Crippen LogP contribution in [0.5, 0.6) is 0 Å². The lowest BCUT2D eigenvalue weighted by atomic mass is 10.1. The van der Waals surface area contributed by atoms with Crippen molar-refractivity contribution in [3.8, 4) is 0 Å². The molecule has 0 radical (unpaired) electrons. The first-order valence-electron chi connectivity index (χ1n) is 3.94. The summed E-state index contributed by atoms with van der Waals surface area (Å²) in [4.78, 5) is 21.6. The van der Waals surface area contributed by atoms with Gasteiger partial charge in [0.05, 0.1) is 6.42 Å².